The molecular formula is C21H24N4OS. The van der Waals surface area contributed by atoms with Crippen LogP contribution in [0.4, 0.5) is 0 Å². The summed E-state index contributed by atoms with van der Waals surface area (Å²) in [6, 6.07) is 19.9. The van der Waals surface area contributed by atoms with Crippen molar-refractivity contribution in [3.05, 3.63) is 60.7 Å². The molecule has 0 saturated carbocycles. The third-order valence-electron chi connectivity index (χ3n) is 3.83. The van der Waals surface area contributed by atoms with Crippen LogP contribution in [0.3, 0.4) is 0 Å². The van der Waals surface area contributed by atoms with Crippen LogP contribution in [0.1, 0.15) is 27.7 Å². The van der Waals surface area contributed by atoms with Crippen molar-refractivity contribution < 1.29 is 4.79 Å². The highest BCUT2D eigenvalue weighted by atomic mass is 32.2. The lowest BCUT2D eigenvalue weighted by Crippen LogP contribution is -2.44. The summed E-state index contributed by atoms with van der Waals surface area (Å²) in [6.07, 6.45) is 0. The Bertz CT molecular complexity index is 901. The Morgan fingerprint density at radius 2 is 1.59 bits per heavy atom. The minimum absolute atomic E-state index is 0.0172. The molecule has 1 aromatic heterocycles. The molecule has 1 unspecified atom stereocenters. The zero-order valence-corrected chi connectivity index (χ0v) is 16.8. The zero-order chi connectivity index (χ0) is 19.4. The van der Waals surface area contributed by atoms with Crippen molar-refractivity contribution in [3.8, 4) is 17.1 Å². The Hall–Kier alpha value is -2.60. The van der Waals surface area contributed by atoms with Crippen molar-refractivity contribution in [2.45, 2.75) is 43.6 Å². The number of hydrogen-bond donors (Lipinski definition) is 1. The van der Waals surface area contributed by atoms with E-state index in [1.165, 1.54) is 11.8 Å². The summed E-state index contributed by atoms with van der Waals surface area (Å²) in [5, 5.41) is 12.2. The molecule has 0 bridgehead atoms. The predicted molar refractivity (Wildman–Crippen MR) is 110 cm³/mol. The molecule has 0 saturated heterocycles. The van der Waals surface area contributed by atoms with Crippen LogP contribution in [-0.4, -0.2) is 31.5 Å². The number of carbonyl (C=O) groups is 1. The minimum atomic E-state index is -0.292. The van der Waals surface area contributed by atoms with E-state index in [0.717, 1.165) is 17.1 Å². The van der Waals surface area contributed by atoms with Gasteiger partial charge in [0.25, 0.3) is 0 Å². The van der Waals surface area contributed by atoms with Crippen LogP contribution in [0.5, 0.6) is 0 Å². The van der Waals surface area contributed by atoms with Crippen LogP contribution in [0.25, 0.3) is 17.1 Å². The first-order chi connectivity index (χ1) is 12.8. The maximum absolute atomic E-state index is 12.5. The quantitative estimate of drug-likeness (QED) is 0.669. The fraction of sp³-hybridized carbons (Fsp3) is 0.286. The minimum Gasteiger partial charge on any atom is -0.351 e. The molecule has 6 heteroatoms. The zero-order valence-electron chi connectivity index (χ0n) is 16.0. The molecule has 1 heterocycles. The summed E-state index contributed by atoms with van der Waals surface area (Å²) in [4.78, 5) is 12.5. The lowest BCUT2D eigenvalue weighted by atomic mass is 10.1. The van der Waals surface area contributed by atoms with Gasteiger partial charge in [0.15, 0.2) is 11.0 Å². The molecule has 1 atom stereocenters. The van der Waals surface area contributed by atoms with Crippen LogP contribution in [0.15, 0.2) is 65.8 Å². The topological polar surface area (TPSA) is 59.8 Å². The first-order valence-corrected chi connectivity index (χ1v) is 9.78. The summed E-state index contributed by atoms with van der Waals surface area (Å²) in [5.74, 6) is 0.740. The molecule has 0 spiro atoms. The lowest BCUT2D eigenvalue weighted by molar-refractivity contribution is -0.121. The number of thioether (sulfide) groups is 1. The smallest absolute Gasteiger partial charge is 0.233 e. The summed E-state index contributed by atoms with van der Waals surface area (Å²) in [6.45, 7) is 7.81. The standard InChI is InChI=1S/C21H24N4OS/c1-15(19(26)22-21(2,3)4)27-20-24-23-18(16-11-7-5-8-12-16)25(20)17-13-9-6-10-14-17/h5-15H,1-4H3,(H,22,26). The van der Waals surface area contributed by atoms with Gasteiger partial charge in [-0.05, 0) is 39.8 Å². The molecule has 0 aliphatic carbocycles. The van der Waals surface area contributed by atoms with Crippen molar-refractivity contribution in [1.29, 1.82) is 0 Å². The molecule has 3 rings (SSSR count). The molecule has 0 aliphatic rings. The van der Waals surface area contributed by atoms with Crippen LogP contribution in [0, 0.1) is 0 Å². The maximum atomic E-state index is 12.5. The SMILES string of the molecule is CC(Sc1nnc(-c2ccccc2)n1-c1ccccc1)C(=O)NC(C)(C)C. The van der Waals surface area contributed by atoms with Gasteiger partial charge < -0.3 is 5.32 Å². The predicted octanol–water partition coefficient (Wildman–Crippen LogP) is 4.33. The van der Waals surface area contributed by atoms with Gasteiger partial charge in [0, 0.05) is 16.8 Å². The Labute approximate surface area is 164 Å². The summed E-state index contributed by atoms with van der Waals surface area (Å²) < 4.78 is 2.00. The highest BCUT2D eigenvalue weighted by Gasteiger charge is 2.24. The molecule has 0 aliphatic heterocycles. The molecule has 3 aromatic rings. The Kier molecular flexibility index (Phi) is 5.65. The Balaban J connectivity index is 1.97. The Morgan fingerprint density at radius 1 is 1.00 bits per heavy atom. The van der Waals surface area contributed by atoms with Gasteiger partial charge in [0.2, 0.25) is 5.91 Å². The molecule has 2 aromatic carbocycles. The van der Waals surface area contributed by atoms with E-state index in [4.69, 9.17) is 0 Å². The van der Waals surface area contributed by atoms with Crippen LogP contribution in [0.2, 0.25) is 0 Å². The molecule has 27 heavy (non-hydrogen) atoms. The molecule has 1 amide bonds. The van der Waals surface area contributed by atoms with E-state index in [1.54, 1.807) is 0 Å². The van der Waals surface area contributed by atoms with E-state index in [9.17, 15) is 4.79 Å². The van der Waals surface area contributed by atoms with Crippen molar-refractivity contribution in [3.63, 3.8) is 0 Å². The number of aromatic nitrogens is 3. The molecular weight excluding hydrogens is 356 g/mol. The number of nitrogens with one attached hydrogen (secondary N) is 1. The van der Waals surface area contributed by atoms with Gasteiger partial charge in [-0.25, -0.2) is 0 Å². The van der Waals surface area contributed by atoms with Crippen molar-refractivity contribution >= 4 is 17.7 Å². The van der Waals surface area contributed by atoms with Gasteiger partial charge in [-0.15, -0.1) is 10.2 Å². The number of nitrogens with zero attached hydrogens (tertiary/aromatic N) is 3. The monoisotopic (exact) mass is 380 g/mol. The number of amides is 1. The average Bonchev–Trinajstić information content (AvgIpc) is 3.05. The molecule has 1 N–H and O–H groups in total. The van der Waals surface area contributed by atoms with Gasteiger partial charge in [0.1, 0.15) is 0 Å². The van der Waals surface area contributed by atoms with E-state index < -0.39 is 0 Å². The maximum Gasteiger partial charge on any atom is 0.233 e. The van der Waals surface area contributed by atoms with Crippen molar-refractivity contribution in [1.82, 2.24) is 20.1 Å². The average molecular weight is 381 g/mol. The second-order valence-corrected chi connectivity index (χ2v) is 8.65. The number of hydrogen-bond acceptors (Lipinski definition) is 4. The Morgan fingerprint density at radius 3 is 2.19 bits per heavy atom. The number of carbonyl (C=O) groups excluding carboxylic acids is 1. The number of rotatable bonds is 5. The van der Waals surface area contributed by atoms with Gasteiger partial charge in [0.05, 0.1) is 5.25 Å². The van der Waals surface area contributed by atoms with E-state index in [-0.39, 0.29) is 16.7 Å². The first kappa shape index (κ1) is 19.2. The fourth-order valence-corrected chi connectivity index (χ4v) is 3.48. The number of benzene rings is 2. The van der Waals surface area contributed by atoms with Crippen molar-refractivity contribution in [2.75, 3.05) is 0 Å². The third kappa shape index (κ3) is 4.77. The van der Waals surface area contributed by atoms with E-state index in [0.29, 0.717) is 5.16 Å². The second kappa shape index (κ2) is 7.96. The summed E-state index contributed by atoms with van der Waals surface area (Å²) >= 11 is 1.41. The van der Waals surface area contributed by atoms with Gasteiger partial charge in [-0.2, -0.15) is 0 Å². The van der Waals surface area contributed by atoms with Gasteiger partial charge in [-0.1, -0.05) is 60.3 Å². The van der Waals surface area contributed by atoms with Gasteiger partial charge in [-0.3, -0.25) is 9.36 Å². The molecule has 0 fully saturated rings. The highest BCUT2D eigenvalue weighted by Crippen LogP contribution is 2.30. The third-order valence-corrected chi connectivity index (χ3v) is 4.87. The number of para-hydroxylation sites is 1. The van der Waals surface area contributed by atoms with Crippen LogP contribution < -0.4 is 5.32 Å². The highest BCUT2D eigenvalue weighted by molar-refractivity contribution is 8.00. The fourth-order valence-electron chi connectivity index (χ4n) is 2.61. The van der Waals surface area contributed by atoms with E-state index in [2.05, 4.69) is 15.5 Å². The van der Waals surface area contributed by atoms with Gasteiger partial charge >= 0.3 is 0 Å². The molecule has 5 nitrogen and oxygen atoms in total. The normalized spacial score (nSPS) is 12.6. The van der Waals surface area contributed by atoms with Crippen LogP contribution in [-0.2, 0) is 4.79 Å². The summed E-state index contributed by atoms with van der Waals surface area (Å²) in [7, 11) is 0. The van der Waals surface area contributed by atoms with E-state index in [1.807, 2.05) is 92.9 Å². The molecule has 140 valence electrons. The van der Waals surface area contributed by atoms with E-state index >= 15 is 0 Å². The molecule has 0 radical (unpaired) electrons. The first-order valence-electron chi connectivity index (χ1n) is 8.90. The van der Waals surface area contributed by atoms with Crippen molar-refractivity contribution in [2.24, 2.45) is 0 Å². The van der Waals surface area contributed by atoms with Crippen LogP contribution >= 0.6 is 11.8 Å². The summed E-state index contributed by atoms with van der Waals surface area (Å²) in [5.41, 5.74) is 1.67. The lowest BCUT2D eigenvalue weighted by Gasteiger charge is -2.23. The second-order valence-electron chi connectivity index (χ2n) is 7.34. The largest absolute Gasteiger partial charge is 0.351 e.